The van der Waals surface area contributed by atoms with Gasteiger partial charge in [-0.15, -0.1) is 0 Å². The first-order valence-electron chi connectivity index (χ1n) is 3.67. The fourth-order valence-corrected chi connectivity index (χ4v) is 0.379. The highest BCUT2D eigenvalue weighted by Crippen LogP contribution is 1.95. The lowest BCUT2D eigenvalue weighted by molar-refractivity contribution is 0.653. The zero-order valence-electron chi connectivity index (χ0n) is 6.59. The Kier molecular flexibility index (Phi) is 5.48. The third-order valence-corrected chi connectivity index (χ3v) is 1.19. The van der Waals surface area contributed by atoms with E-state index in [0.717, 1.165) is 19.4 Å². The summed E-state index contributed by atoms with van der Waals surface area (Å²) in [5, 5.41) is 8.04. The van der Waals surface area contributed by atoms with Crippen LogP contribution in [0.3, 0.4) is 0 Å². The summed E-state index contributed by atoms with van der Waals surface area (Å²) in [7, 11) is 0. The Balaban J connectivity index is 3.20. The van der Waals surface area contributed by atoms with Gasteiger partial charge in [-0.3, -0.25) is 0 Å². The van der Waals surface area contributed by atoms with Crippen LogP contribution < -0.4 is 0 Å². The van der Waals surface area contributed by atoms with Gasteiger partial charge in [0.2, 0.25) is 0 Å². The van der Waals surface area contributed by atoms with Crippen molar-refractivity contribution >= 4 is 0 Å². The van der Waals surface area contributed by atoms with Crippen molar-refractivity contribution in [2.45, 2.75) is 39.7 Å². The third-order valence-electron chi connectivity index (χ3n) is 1.19. The SMILES string of the molecule is CCCN=NC(C)CC. The topological polar surface area (TPSA) is 24.7 Å². The Labute approximate surface area is 57.4 Å². The molecule has 0 radical (unpaired) electrons. The van der Waals surface area contributed by atoms with Crippen LogP contribution in [0.1, 0.15) is 33.6 Å². The van der Waals surface area contributed by atoms with Crippen LogP contribution in [-0.4, -0.2) is 12.6 Å². The highest BCUT2D eigenvalue weighted by Gasteiger charge is 1.90. The highest BCUT2D eigenvalue weighted by molar-refractivity contribution is 4.51. The molecule has 0 rings (SSSR count). The third kappa shape index (κ3) is 5.47. The van der Waals surface area contributed by atoms with Gasteiger partial charge in [-0.25, -0.2) is 0 Å². The molecule has 2 heteroatoms. The van der Waals surface area contributed by atoms with Gasteiger partial charge < -0.3 is 0 Å². The molecule has 0 bridgehead atoms. The normalized spacial score (nSPS) is 14.6. The van der Waals surface area contributed by atoms with Gasteiger partial charge in [-0.05, 0) is 19.8 Å². The molecule has 0 aliphatic carbocycles. The van der Waals surface area contributed by atoms with Crippen molar-refractivity contribution in [3.05, 3.63) is 0 Å². The summed E-state index contributed by atoms with van der Waals surface area (Å²) in [6.07, 6.45) is 2.19. The van der Waals surface area contributed by atoms with Crippen molar-refractivity contribution in [1.29, 1.82) is 0 Å². The number of hydrogen-bond acceptors (Lipinski definition) is 2. The molecule has 0 aromatic carbocycles. The summed E-state index contributed by atoms with van der Waals surface area (Å²) in [5.41, 5.74) is 0. The summed E-state index contributed by atoms with van der Waals surface area (Å²) in [5.74, 6) is 0. The maximum atomic E-state index is 4.06. The average molecular weight is 128 g/mol. The standard InChI is InChI=1S/C7H16N2/c1-4-6-8-9-7(3)5-2/h7H,4-6H2,1-3H3. The van der Waals surface area contributed by atoms with Gasteiger partial charge in [0.25, 0.3) is 0 Å². The van der Waals surface area contributed by atoms with Gasteiger partial charge in [0.05, 0.1) is 12.6 Å². The van der Waals surface area contributed by atoms with E-state index in [-0.39, 0.29) is 0 Å². The molecule has 0 aromatic rings. The van der Waals surface area contributed by atoms with E-state index in [1.54, 1.807) is 0 Å². The van der Waals surface area contributed by atoms with Gasteiger partial charge in [0, 0.05) is 0 Å². The van der Waals surface area contributed by atoms with Gasteiger partial charge in [-0.1, -0.05) is 13.8 Å². The predicted molar refractivity (Wildman–Crippen MR) is 39.8 cm³/mol. The summed E-state index contributed by atoms with van der Waals surface area (Å²) in [4.78, 5) is 0. The van der Waals surface area contributed by atoms with E-state index in [1.807, 2.05) is 0 Å². The van der Waals surface area contributed by atoms with Crippen molar-refractivity contribution in [2.75, 3.05) is 6.54 Å². The molecule has 0 fully saturated rings. The van der Waals surface area contributed by atoms with E-state index in [1.165, 1.54) is 0 Å². The molecule has 0 aromatic heterocycles. The van der Waals surface area contributed by atoms with Crippen molar-refractivity contribution in [3.63, 3.8) is 0 Å². The Morgan fingerprint density at radius 1 is 1.33 bits per heavy atom. The van der Waals surface area contributed by atoms with E-state index in [9.17, 15) is 0 Å². The first-order valence-corrected chi connectivity index (χ1v) is 3.67. The molecular weight excluding hydrogens is 112 g/mol. The Morgan fingerprint density at radius 3 is 2.44 bits per heavy atom. The first kappa shape index (κ1) is 8.60. The van der Waals surface area contributed by atoms with Crippen LogP contribution in [-0.2, 0) is 0 Å². The van der Waals surface area contributed by atoms with Crippen molar-refractivity contribution < 1.29 is 0 Å². The monoisotopic (exact) mass is 128 g/mol. The molecular formula is C7H16N2. The molecule has 9 heavy (non-hydrogen) atoms. The van der Waals surface area contributed by atoms with Gasteiger partial charge in [-0.2, -0.15) is 10.2 Å². The number of rotatable bonds is 4. The maximum Gasteiger partial charge on any atom is 0.0677 e. The van der Waals surface area contributed by atoms with Crippen molar-refractivity contribution in [2.24, 2.45) is 10.2 Å². The molecule has 0 heterocycles. The van der Waals surface area contributed by atoms with Gasteiger partial charge >= 0.3 is 0 Å². The van der Waals surface area contributed by atoms with E-state index in [2.05, 4.69) is 31.0 Å². The lowest BCUT2D eigenvalue weighted by atomic mass is 10.3. The molecule has 0 aliphatic heterocycles. The Bertz CT molecular complexity index is 79.0. The van der Waals surface area contributed by atoms with Crippen LogP contribution >= 0.6 is 0 Å². The lowest BCUT2D eigenvalue weighted by Gasteiger charge is -1.96. The van der Waals surface area contributed by atoms with Crippen molar-refractivity contribution in [1.82, 2.24) is 0 Å². The van der Waals surface area contributed by atoms with Crippen LogP contribution in [0, 0.1) is 0 Å². The Morgan fingerprint density at radius 2 is 2.00 bits per heavy atom. The lowest BCUT2D eigenvalue weighted by Crippen LogP contribution is -1.92. The quantitative estimate of drug-likeness (QED) is 0.520. The largest absolute Gasteiger partial charge is 0.194 e. The molecule has 1 atom stereocenters. The second-order valence-electron chi connectivity index (χ2n) is 2.24. The second kappa shape index (κ2) is 5.73. The summed E-state index contributed by atoms with van der Waals surface area (Å²) >= 11 is 0. The minimum absolute atomic E-state index is 0.413. The summed E-state index contributed by atoms with van der Waals surface area (Å²) < 4.78 is 0. The molecule has 2 nitrogen and oxygen atoms in total. The maximum absolute atomic E-state index is 4.06. The number of nitrogens with zero attached hydrogens (tertiary/aromatic N) is 2. The number of azo groups is 1. The van der Waals surface area contributed by atoms with Crippen LogP contribution in [0.15, 0.2) is 10.2 Å². The summed E-state index contributed by atoms with van der Waals surface area (Å²) in [6.45, 7) is 7.19. The van der Waals surface area contributed by atoms with E-state index in [4.69, 9.17) is 0 Å². The van der Waals surface area contributed by atoms with E-state index >= 15 is 0 Å². The fourth-order valence-electron chi connectivity index (χ4n) is 0.379. The molecule has 0 saturated heterocycles. The predicted octanol–water partition coefficient (Wildman–Crippen LogP) is 2.65. The molecule has 0 spiro atoms. The molecule has 1 unspecified atom stereocenters. The average Bonchev–Trinajstić information content (AvgIpc) is 1.89. The zero-order chi connectivity index (χ0) is 7.11. The molecule has 0 N–H and O–H groups in total. The molecule has 0 amide bonds. The van der Waals surface area contributed by atoms with Crippen LogP contribution in [0.4, 0.5) is 0 Å². The van der Waals surface area contributed by atoms with Crippen molar-refractivity contribution in [3.8, 4) is 0 Å². The minimum Gasteiger partial charge on any atom is -0.194 e. The van der Waals surface area contributed by atoms with Crippen LogP contribution in [0.25, 0.3) is 0 Å². The fraction of sp³-hybridized carbons (Fsp3) is 1.00. The molecule has 0 saturated carbocycles. The van der Waals surface area contributed by atoms with E-state index in [0.29, 0.717) is 6.04 Å². The summed E-state index contributed by atoms with van der Waals surface area (Å²) in [6, 6.07) is 0.413. The van der Waals surface area contributed by atoms with Gasteiger partial charge in [0.15, 0.2) is 0 Å². The molecule has 0 aliphatic rings. The van der Waals surface area contributed by atoms with E-state index < -0.39 is 0 Å². The minimum atomic E-state index is 0.413. The van der Waals surface area contributed by atoms with Crippen LogP contribution in [0.2, 0.25) is 0 Å². The highest BCUT2D eigenvalue weighted by atomic mass is 15.1. The van der Waals surface area contributed by atoms with Gasteiger partial charge in [0.1, 0.15) is 0 Å². The first-order chi connectivity index (χ1) is 4.31. The molecule has 54 valence electrons. The Hall–Kier alpha value is -0.400. The van der Waals surface area contributed by atoms with Crippen LogP contribution in [0.5, 0.6) is 0 Å². The second-order valence-corrected chi connectivity index (χ2v) is 2.24. The smallest absolute Gasteiger partial charge is 0.0677 e. The zero-order valence-corrected chi connectivity index (χ0v) is 6.59. The number of hydrogen-bond donors (Lipinski definition) is 0.